The molecular formula is C13H9ClN4. The van der Waals surface area contributed by atoms with Crippen LogP contribution in [-0.4, -0.2) is 19.7 Å². The first-order chi connectivity index (χ1) is 8.83. The Labute approximate surface area is 109 Å². The van der Waals surface area contributed by atoms with E-state index in [1.165, 1.54) is 0 Å². The molecule has 88 valence electrons. The Morgan fingerprint density at radius 3 is 2.61 bits per heavy atom. The summed E-state index contributed by atoms with van der Waals surface area (Å²) in [6.07, 6.45) is 7.01. The molecule has 0 radical (unpaired) electrons. The van der Waals surface area contributed by atoms with Crippen LogP contribution in [0.4, 0.5) is 0 Å². The highest BCUT2D eigenvalue weighted by Gasteiger charge is 2.04. The fourth-order valence-electron chi connectivity index (χ4n) is 1.66. The van der Waals surface area contributed by atoms with Gasteiger partial charge in [-0.1, -0.05) is 23.7 Å². The Morgan fingerprint density at radius 1 is 1.00 bits per heavy atom. The fourth-order valence-corrected chi connectivity index (χ4v) is 1.85. The molecule has 0 aliphatic rings. The van der Waals surface area contributed by atoms with E-state index in [9.17, 15) is 0 Å². The molecule has 3 aromatic rings. The van der Waals surface area contributed by atoms with E-state index < -0.39 is 0 Å². The van der Waals surface area contributed by atoms with Crippen LogP contribution in [0.5, 0.6) is 0 Å². The van der Waals surface area contributed by atoms with Gasteiger partial charge in [0.2, 0.25) is 5.95 Å². The average Bonchev–Trinajstić information content (AvgIpc) is 2.89. The van der Waals surface area contributed by atoms with Crippen molar-refractivity contribution in [1.29, 1.82) is 0 Å². The molecule has 18 heavy (non-hydrogen) atoms. The minimum atomic E-state index is 0.547. The third-order valence-electron chi connectivity index (χ3n) is 2.50. The molecule has 1 aromatic carbocycles. The third kappa shape index (κ3) is 2.10. The van der Waals surface area contributed by atoms with Gasteiger partial charge in [0.05, 0.1) is 6.20 Å². The molecule has 0 aliphatic carbocycles. The third-order valence-corrected chi connectivity index (χ3v) is 2.73. The van der Waals surface area contributed by atoms with Crippen molar-refractivity contribution in [3.63, 3.8) is 0 Å². The van der Waals surface area contributed by atoms with Crippen molar-refractivity contribution in [2.45, 2.75) is 0 Å². The highest BCUT2D eigenvalue weighted by atomic mass is 35.5. The summed E-state index contributed by atoms with van der Waals surface area (Å²) in [7, 11) is 0. The summed E-state index contributed by atoms with van der Waals surface area (Å²) >= 11 is 5.97. The van der Waals surface area contributed by atoms with Gasteiger partial charge >= 0.3 is 0 Å². The number of nitrogens with zero attached hydrogens (tertiary/aromatic N) is 4. The van der Waals surface area contributed by atoms with Crippen LogP contribution in [0.3, 0.4) is 0 Å². The summed E-state index contributed by atoms with van der Waals surface area (Å²) in [6, 6.07) is 9.41. The van der Waals surface area contributed by atoms with Gasteiger partial charge in [-0.2, -0.15) is 5.10 Å². The molecule has 2 heterocycles. The molecule has 0 bridgehead atoms. The van der Waals surface area contributed by atoms with E-state index in [0.29, 0.717) is 11.0 Å². The molecule has 5 heteroatoms. The maximum absolute atomic E-state index is 5.97. The molecule has 0 saturated carbocycles. The summed E-state index contributed by atoms with van der Waals surface area (Å²) < 4.78 is 1.64. The Kier molecular flexibility index (Phi) is 2.78. The van der Waals surface area contributed by atoms with Crippen LogP contribution in [0.15, 0.2) is 55.1 Å². The predicted molar refractivity (Wildman–Crippen MR) is 69.6 cm³/mol. The zero-order chi connectivity index (χ0) is 12.4. The van der Waals surface area contributed by atoms with Crippen LogP contribution in [0.1, 0.15) is 0 Å². The Hall–Kier alpha value is -2.20. The van der Waals surface area contributed by atoms with Crippen molar-refractivity contribution in [3.05, 3.63) is 60.1 Å². The van der Waals surface area contributed by atoms with Crippen LogP contribution >= 0.6 is 11.6 Å². The molecule has 4 nitrogen and oxygen atoms in total. The molecule has 0 saturated heterocycles. The van der Waals surface area contributed by atoms with E-state index in [2.05, 4.69) is 15.1 Å². The van der Waals surface area contributed by atoms with Crippen LogP contribution < -0.4 is 0 Å². The Balaban J connectivity index is 2.00. The summed E-state index contributed by atoms with van der Waals surface area (Å²) in [5.74, 6) is 0.547. The van der Waals surface area contributed by atoms with Gasteiger partial charge < -0.3 is 0 Å². The normalized spacial score (nSPS) is 10.5. The molecule has 0 unspecified atom stereocenters. The molecule has 0 atom stereocenters. The Morgan fingerprint density at radius 2 is 1.83 bits per heavy atom. The monoisotopic (exact) mass is 256 g/mol. The molecule has 0 spiro atoms. The van der Waals surface area contributed by atoms with Crippen molar-refractivity contribution >= 4 is 11.6 Å². The van der Waals surface area contributed by atoms with Gasteiger partial charge in [0.15, 0.2) is 0 Å². The number of benzene rings is 1. The number of rotatable bonds is 2. The minimum absolute atomic E-state index is 0.547. The van der Waals surface area contributed by atoms with Crippen molar-refractivity contribution in [2.24, 2.45) is 0 Å². The van der Waals surface area contributed by atoms with Gasteiger partial charge in [0.25, 0.3) is 0 Å². The molecule has 0 amide bonds. The summed E-state index contributed by atoms with van der Waals surface area (Å²) in [5.41, 5.74) is 2.00. The molecule has 0 N–H and O–H groups in total. The van der Waals surface area contributed by atoms with E-state index >= 15 is 0 Å². The molecule has 3 rings (SSSR count). The minimum Gasteiger partial charge on any atom is -0.220 e. The second kappa shape index (κ2) is 4.58. The zero-order valence-corrected chi connectivity index (χ0v) is 10.1. The van der Waals surface area contributed by atoms with Gasteiger partial charge in [-0.15, -0.1) is 0 Å². The van der Waals surface area contributed by atoms with E-state index in [4.69, 9.17) is 11.6 Å². The van der Waals surface area contributed by atoms with Gasteiger partial charge in [0.1, 0.15) is 0 Å². The zero-order valence-electron chi connectivity index (χ0n) is 9.36. The van der Waals surface area contributed by atoms with Crippen molar-refractivity contribution < 1.29 is 0 Å². The number of aromatic nitrogens is 4. The highest BCUT2D eigenvalue weighted by Crippen LogP contribution is 2.22. The first-order valence-electron chi connectivity index (χ1n) is 5.41. The maximum atomic E-state index is 5.97. The first kappa shape index (κ1) is 10.9. The lowest BCUT2D eigenvalue weighted by molar-refractivity contribution is 0.808. The lowest BCUT2D eigenvalue weighted by Crippen LogP contribution is -1.99. The summed E-state index contributed by atoms with van der Waals surface area (Å²) in [5, 5.41) is 4.95. The smallest absolute Gasteiger partial charge is 0.220 e. The van der Waals surface area contributed by atoms with Crippen molar-refractivity contribution in [3.8, 4) is 17.1 Å². The Bertz CT molecular complexity index is 664. The molecule has 2 aromatic heterocycles. The number of halogens is 1. The standard InChI is InChI=1S/C13H9ClN4/c14-12-4-1-3-10(7-12)11-8-17-18(9-11)13-15-5-2-6-16-13/h1-9H. The summed E-state index contributed by atoms with van der Waals surface area (Å²) in [6.45, 7) is 0. The molecule has 0 aliphatic heterocycles. The van der Waals surface area contributed by atoms with Crippen LogP contribution in [0, 0.1) is 0 Å². The van der Waals surface area contributed by atoms with Gasteiger partial charge in [-0.25, -0.2) is 14.6 Å². The molecular weight excluding hydrogens is 248 g/mol. The highest BCUT2D eigenvalue weighted by molar-refractivity contribution is 6.30. The SMILES string of the molecule is Clc1cccc(-c2cnn(-c3ncccn3)c2)c1. The number of hydrogen-bond acceptors (Lipinski definition) is 3. The fraction of sp³-hybridized carbons (Fsp3) is 0. The quantitative estimate of drug-likeness (QED) is 0.708. The molecule has 0 fully saturated rings. The van der Waals surface area contributed by atoms with Gasteiger partial charge in [0, 0.05) is 29.2 Å². The summed E-state index contributed by atoms with van der Waals surface area (Å²) in [4.78, 5) is 8.27. The lowest BCUT2D eigenvalue weighted by atomic mass is 10.1. The van der Waals surface area contributed by atoms with Gasteiger partial charge in [-0.3, -0.25) is 0 Å². The number of hydrogen-bond donors (Lipinski definition) is 0. The largest absolute Gasteiger partial charge is 0.250 e. The topological polar surface area (TPSA) is 43.6 Å². The first-order valence-corrected chi connectivity index (χ1v) is 5.79. The van der Waals surface area contributed by atoms with E-state index in [-0.39, 0.29) is 0 Å². The van der Waals surface area contributed by atoms with E-state index in [1.807, 2.05) is 30.5 Å². The predicted octanol–water partition coefficient (Wildman–Crippen LogP) is 2.98. The second-order valence-electron chi connectivity index (χ2n) is 3.73. The van der Waals surface area contributed by atoms with Crippen molar-refractivity contribution in [1.82, 2.24) is 19.7 Å². The van der Waals surface area contributed by atoms with E-state index in [1.54, 1.807) is 29.3 Å². The average molecular weight is 257 g/mol. The van der Waals surface area contributed by atoms with Gasteiger partial charge in [-0.05, 0) is 23.8 Å². The lowest BCUT2D eigenvalue weighted by Gasteiger charge is -1.98. The van der Waals surface area contributed by atoms with Crippen LogP contribution in [0.2, 0.25) is 5.02 Å². The van der Waals surface area contributed by atoms with Crippen molar-refractivity contribution in [2.75, 3.05) is 0 Å². The second-order valence-corrected chi connectivity index (χ2v) is 4.17. The van der Waals surface area contributed by atoms with Crippen LogP contribution in [0.25, 0.3) is 17.1 Å². The van der Waals surface area contributed by atoms with Crippen LogP contribution in [-0.2, 0) is 0 Å². The van der Waals surface area contributed by atoms with E-state index in [0.717, 1.165) is 11.1 Å². The maximum Gasteiger partial charge on any atom is 0.250 e.